The van der Waals surface area contributed by atoms with Crippen molar-refractivity contribution in [3.05, 3.63) is 35.1 Å². The van der Waals surface area contributed by atoms with Crippen molar-refractivity contribution in [1.82, 2.24) is 5.32 Å². The number of carbonyl (C=O) groups excluding carboxylic acids is 1. The van der Waals surface area contributed by atoms with Crippen LogP contribution in [0, 0.1) is 24.1 Å². The lowest BCUT2D eigenvalue weighted by atomic mass is 9.82. The number of rotatable bonds is 2. The Hall–Kier alpha value is -1.89. The Morgan fingerprint density at radius 3 is 2.68 bits per heavy atom. The second-order valence-corrected chi connectivity index (χ2v) is 5.19. The molecular formula is C15H17FN2O. The first-order valence-corrected chi connectivity index (χ1v) is 6.56. The fourth-order valence-corrected chi connectivity index (χ4v) is 2.52. The largest absolute Gasteiger partial charge is 0.334 e. The molecule has 19 heavy (non-hydrogen) atoms. The summed E-state index contributed by atoms with van der Waals surface area (Å²) in [6, 6.07) is 6.61. The van der Waals surface area contributed by atoms with Gasteiger partial charge in [0.25, 0.3) is 5.91 Å². The second kappa shape index (κ2) is 5.40. The van der Waals surface area contributed by atoms with Gasteiger partial charge >= 0.3 is 0 Å². The zero-order valence-corrected chi connectivity index (χ0v) is 11.0. The van der Waals surface area contributed by atoms with E-state index in [0.29, 0.717) is 12.8 Å². The molecule has 1 aliphatic carbocycles. The number of halogens is 1. The molecule has 0 atom stereocenters. The van der Waals surface area contributed by atoms with Crippen LogP contribution in [-0.2, 0) is 0 Å². The molecule has 0 aliphatic heterocycles. The number of nitrogens with one attached hydrogen (secondary N) is 1. The number of hydrogen-bond donors (Lipinski definition) is 1. The van der Waals surface area contributed by atoms with Crippen molar-refractivity contribution in [3.8, 4) is 6.07 Å². The van der Waals surface area contributed by atoms with Crippen molar-refractivity contribution in [2.45, 2.75) is 44.6 Å². The third-order valence-corrected chi connectivity index (χ3v) is 3.64. The highest BCUT2D eigenvalue weighted by Crippen LogP contribution is 2.28. The molecule has 1 amide bonds. The third kappa shape index (κ3) is 2.93. The normalized spacial score (nSPS) is 17.5. The van der Waals surface area contributed by atoms with E-state index in [1.807, 2.05) is 0 Å². The minimum absolute atomic E-state index is 0.0141. The summed E-state index contributed by atoms with van der Waals surface area (Å²) in [5.74, 6) is -1.04. The number of amides is 1. The second-order valence-electron chi connectivity index (χ2n) is 5.19. The van der Waals surface area contributed by atoms with Crippen LogP contribution in [0.3, 0.4) is 0 Å². The van der Waals surface area contributed by atoms with E-state index in [9.17, 15) is 14.4 Å². The fraction of sp³-hybridized carbons (Fsp3) is 0.467. The van der Waals surface area contributed by atoms with Crippen molar-refractivity contribution >= 4 is 5.91 Å². The van der Waals surface area contributed by atoms with Gasteiger partial charge in [0.15, 0.2) is 0 Å². The molecule has 0 aromatic heterocycles. The molecule has 0 bridgehead atoms. The van der Waals surface area contributed by atoms with Gasteiger partial charge in [-0.3, -0.25) is 4.79 Å². The van der Waals surface area contributed by atoms with Crippen LogP contribution in [0.1, 0.15) is 48.0 Å². The molecule has 0 unspecified atom stereocenters. The zero-order chi connectivity index (χ0) is 13.9. The quantitative estimate of drug-likeness (QED) is 0.888. The molecule has 100 valence electrons. The SMILES string of the molecule is Cc1ccc(F)c(C(=O)NC2(C#N)CCCCC2)c1. The van der Waals surface area contributed by atoms with Gasteiger partial charge in [-0.15, -0.1) is 0 Å². The van der Waals surface area contributed by atoms with Gasteiger partial charge in [0.2, 0.25) is 0 Å². The molecule has 4 heteroatoms. The van der Waals surface area contributed by atoms with Gasteiger partial charge in [0.1, 0.15) is 11.4 Å². The summed E-state index contributed by atoms with van der Waals surface area (Å²) >= 11 is 0. The number of carbonyl (C=O) groups is 1. The average molecular weight is 260 g/mol. The third-order valence-electron chi connectivity index (χ3n) is 3.64. The first kappa shape index (κ1) is 13.5. The molecule has 0 saturated heterocycles. The van der Waals surface area contributed by atoms with Crippen LogP contribution in [0.2, 0.25) is 0 Å². The Bertz CT molecular complexity index is 527. The van der Waals surface area contributed by atoms with Crippen LogP contribution >= 0.6 is 0 Å². The first-order chi connectivity index (χ1) is 9.06. The molecule has 1 fully saturated rings. The smallest absolute Gasteiger partial charge is 0.255 e. The van der Waals surface area contributed by atoms with E-state index < -0.39 is 17.3 Å². The van der Waals surface area contributed by atoms with Gasteiger partial charge in [-0.1, -0.05) is 30.9 Å². The number of hydrogen-bond acceptors (Lipinski definition) is 2. The monoisotopic (exact) mass is 260 g/mol. The van der Waals surface area contributed by atoms with Gasteiger partial charge in [-0.05, 0) is 31.9 Å². The van der Waals surface area contributed by atoms with Crippen molar-refractivity contribution in [2.24, 2.45) is 0 Å². The highest BCUT2D eigenvalue weighted by molar-refractivity contribution is 5.95. The molecule has 1 N–H and O–H groups in total. The maximum absolute atomic E-state index is 13.7. The molecule has 1 aromatic rings. The summed E-state index contributed by atoms with van der Waals surface area (Å²) in [4.78, 5) is 12.1. The highest BCUT2D eigenvalue weighted by atomic mass is 19.1. The molecule has 1 aliphatic rings. The number of aryl methyl sites for hydroxylation is 1. The molecule has 1 aromatic carbocycles. The van der Waals surface area contributed by atoms with E-state index in [4.69, 9.17) is 0 Å². The van der Waals surface area contributed by atoms with E-state index in [-0.39, 0.29) is 5.56 Å². The Kier molecular flexibility index (Phi) is 3.84. The number of nitrogens with zero attached hydrogens (tertiary/aromatic N) is 1. The summed E-state index contributed by atoms with van der Waals surface area (Å²) < 4.78 is 13.7. The maximum Gasteiger partial charge on any atom is 0.255 e. The van der Waals surface area contributed by atoms with Crippen LogP contribution in [0.4, 0.5) is 4.39 Å². The maximum atomic E-state index is 13.7. The molecule has 0 radical (unpaired) electrons. The van der Waals surface area contributed by atoms with Crippen LogP contribution in [-0.4, -0.2) is 11.4 Å². The number of benzene rings is 1. The van der Waals surface area contributed by atoms with E-state index in [1.54, 1.807) is 13.0 Å². The Morgan fingerprint density at radius 1 is 1.37 bits per heavy atom. The summed E-state index contributed by atoms with van der Waals surface area (Å²) in [5, 5.41) is 12.0. The van der Waals surface area contributed by atoms with Gasteiger partial charge in [-0.2, -0.15) is 5.26 Å². The van der Waals surface area contributed by atoms with E-state index in [2.05, 4.69) is 11.4 Å². The minimum atomic E-state index is -0.828. The molecule has 2 rings (SSSR count). The Morgan fingerprint density at radius 2 is 2.05 bits per heavy atom. The molecule has 3 nitrogen and oxygen atoms in total. The molecule has 0 heterocycles. The van der Waals surface area contributed by atoms with Crippen LogP contribution in [0.25, 0.3) is 0 Å². The molecule has 1 saturated carbocycles. The van der Waals surface area contributed by atoms with E-state index >= 15 is 0 Å². The first-order valence-electron chi connectivity index (χ1n) is 6.56. The van der Waals surface area contributed by atoms with Crippen LogP contribution < -0.4 is 5.32 Å². The lowest BCUT2D eigenvalue weighted by molar-refractivity contribution is 0.0898. The predicted molar refractivity (Wildman–Crippen MR) is 70.0 cm³/mol. The topological polar surface area (TPSA) is 52.9 Å². The zero-order valence-electron chi connectivity index (χ0n) is 11.0. The van der Waals surface area contributed by atoms with Gasteiger partial charge < -0.3 is 5.32 Å². The highest BCUT2D eigenvalue weighted by Gasteiger charge is 2.34. The predicted octanol–water partition coefficient (Wildman–Crippen LogP) is 3.09. The Balaban J connectivity index is 2.20. The van der Waals surface area contributed by atoms with Gasteiger partial charge in [0.05, 0.1) is 11.6 Å². The van der Waals surface area contributed by atoms with Crippen molar-refractivity contribution in [2.75, 3.05) is 0 Å². The van der Waals surface area contributed by atoms with Gasteiger partial charge in [0, 0.05) is 0 Å². The van der Waals surface area contributed by atoms with Crippen molar-refractivity contribution in [1.29, 1.82) is 5.26 Å². The standard InChI is InChI=1S/C15H17FN2O/c1-11-5-6-13(16)12(9-11)14(19)18-15(10-17)7-3-2-4-8-15/h5-6,9H,2-4,7-8H2,1H3,(H,18,19). The lowest BCUT2D eigenvalue weighted by Gasteiger charge is -2.31. The summed E-state index contributed by atoms with van der Waals surface area (Å²) in [6.45, 7) is 1.80. The van der Waals surface area contributed by atoms with Crippen LogP contribution in [0.15, 0.2) is 18.2 Å². The van der Waals surface area contributed by atoms with Crippen molar-refractivity contribution < 1.29 is 9.18 Å². The lowest BCUT2D eigenvalue weighted by Crippen LogP contribution is -2.48. The number of nitriles is 1. The van der Waals surface area contributed by atoms with E-state index in [1.165, 1.54) is 12.1 Å². The van der Waals surface area contributed by atoms with E-state index in [0.717, 1.165) is 24.8 Å². The molecule has 0 spiro atoms. The molecular weight excluding hydrogens is 243 g/mol. The van der Waals surface area contributed by atoms with Crippen LogP contribution in [0.5, 0.6) is 0 Å². The average Bonchev–Trinajstić information content (AvgIpc) is 2.42. The van der Waals surface area contributed by atoms with Crippen molar-refractivity contribution in [3.63, 3.8) is 0 Å². The Labute approximate surface area is 112 Å². The summed E-state index contributed by atoms with van der Waals surface area (Å²) in [6.07, 6.45) is 4.21. The van der Waals surface area contributed by atoms with Gasteiger partial charge in [-0.25, -0.2) is 4.39 Å². The fourth-order valence-electron chi connectivity index (χ4n) is 2.52. The summed E-state index contributed by atoms with van der Waals surface area (Å²) in [5.41, 5.74) is 0.00677. The minimum Gasteiger partial charge on any atom is -0.334 e. The summed E-state index contributed by atoms with van der Waals surface area (Å²) in [7, 11) is 0.